The smallest absolute Gasteiger partial charge is 0.276 e. The number of thioether (sulfide) groups is 1. The summed E-state index contributed by atoms with van der Waals surface area (Å²) in [6, 6.07) is 3.23. The molecule has 1 aromatic rings. The van der Waals surface area contributed by atoms with Gasteiger partial charge in [0, 0.05) is 19.3 Å². The van der Waals surface area contributed by atoms with Crippen LogP contribution >= 0.6 is 11.8 Å². The number of sulfonamides is 1. The average molecular weight is 306 g/mol. The van der Waals surface area contributed by atoms with Crippen molar-refractivity contribution >= 4 is 21.8 Å². The summed E-state index contributed by atoms with van der Waals surface area (Å²) < 4.78 is 31.1. The molecule has 7 heteroatoms. The first-order valence-corrected chi connectivity index (χ1v) is 9.10. The molecule has 0 aliphatic rings. The summed E-state index contributed by atoms with van der Waals surface area (Å²) in [5.41, 5.74) is 0. The molecule has 1 N–H and O–H groups in total. The molecule has 1 heterocycles. The molecule has 1 rings (SSSR count). The minimum Gasteiger partial charge on any atom is -0.447 e. The second-order valence-electron chi connectivity index (χ2n) is 4.22. The normalized spacial score (nSPS) is 12.2. The van der Waals surface area contributed by atoms with Crippen LogP contribution in [0, 0.1) is 0 Å². The van der Waals surface area contributed by atoms with Gasteiger partial charge in [0.15, 0.2) is 0 Å². The number of furan rings is 1. The van der Waals surface area contributed by atoms with Crippen LogP contribution in [-0.2, 0) is 16.6 Å². The molecule has 1 aromatic heterocycles. The molecule has 0 aromatic carbocycles. The van der Waals surface area contributed by atoms with Crippen LogP contribution in [0.5, 0.6) is 0 Å². The van der Waals surface area contributed by atoms with Gasteiger partial charge in [-0.2, -0.15) is 16.1 Å². The Balaban J connectivity index is 2.68. The first-order chi connectivity index (χ1) is 9.02. The van der Waals surface area contributed by atoms with E-state index in [0.717, 1.165) is 18.7 Å². The molecule has 0 saturated carbocycles. The standard InChI is InChI=1S/C12H22N2O3S2/c1-4-7-13-10-11-5-6-12(17-11)19(15,16)14(2)8-9-18-3/h5-6,13H,4,7-10H2,1-3H3. The Labute approximate surface area is 119 Å². The molecule has 0 bridgehead atoms. The van der Waals surface area contributed by atoms with Crippen molar-refractivity contribution in [3.8, 4) is 0 Å². The number of nitrogens with one attached hydrogen (secondary N) is 1. The van der Waals surface area contributed by atoms with Crippen LogP contribution in [0.3, 0.4) is 0 Å². The number of rotatable bonds is 9. The number of nitrogens with zero attached hydrogens (tertiary/aromatic N) is 1. The minimum absolute atomic E-state index is 0.0180. The van der Waals surface area contributed by atoms with Crippen LogP contribution in [-0.4, -0.2) is 44.9 Å². The second kappa shape index (κ2) is 7.94. The molecule has 19 heavy (non-hydrogen) atoms. The van der Waals surface area contributed by atoms with E-state index in [1.165, 1.54) is 10.4 Å². The van der Waals surface area contributed by atoms with Crippen molar-refractivity contribution in [2.75, 3.05) is 32.1 Å². The third kappa shape index (κ3) is 4.83. The van der Waals surface area contributed by atoms with Gasteiger partial charge in [-0.1, -0.05) is 6.92 Å². The lowest BCUT2D eigenvalue weighted by Gasteiger charge is -2.14. The van der Waals surface area contributed by atoms with Gasteiger partial charge in [-0.25, -0.2) is 8.42 Å². The van der Waals surface area contributed by atoms with Crippen LogP contribution in [0.25, 0.3) is 0 Å². The zero-order chi connectivity index (χ0) is 14.3. The fourth-order valence-corrected chi connectivity index (χ4v) is 3.14. The van der Waals surface area contributed by atoms with Crippen LogP contribution in [0.2, 0.25) is 0 Å². The molecule has 0 aliphatic heterocycles. The van der Waals surface area contributed by atoms with Gasteiger partial charge in [0.2, 0.25) is 5.09 Å². The van der Waals surface area contributed by atoms with Crippen molar-refractivity contribution in [2.45, 2.75) is 25.0 Å². The van der Waals surface area contributed by atoms with Gasteiger partial charge < -0.3 is 9.73 Å². The second-order valence-corrected chi connectivity index (χ2v) is 7.18. The molecule has 0 saturated heterocycles. The zero-order valence-electron chi connectivity index (χ0n) is 11.7. The zero-order valence-corrected chi connectivity index (χ0v) is 13.3. The Bertz CT molecular complexity index is 471. The third-order valence-corrected chi connectivity index (χ3v) is 4.96. The summed E-state index contributed by atoms with van der Waals surface area (Å²) in [6.07, 6.45) is 2.98. The Hall–Kier alpha value is -0.500. The van der Waals surface area contributed by atoms with E-state index in [-0.39, 0.29) is 5.09 Å². The predicted octanol–water partition coefficient (Wildman–Crippen LogP) is 1.76. The fourth-order valence-electron chi connectivity index (χ4n) is 1.47. The Morgan fingerprint density at radius 1 is 1.42 bits per heavy atom. The topological polar surface area (TPSA) is 62.6 Å². The van der Waals surface area contributed by atoms with Gasteiger partial charge in [0.1, 0.15) is 5.76 Å². The molecule has 0 aliphatic carbocycles. The Kier molecular flexibility index (Phi) is 6.92. The van der Waals surface area contributed by atoms with Crippen LogP contribution in [0.4, 0.5) is 0 Å². The molecule has 0 atom stereocenters. The molecular formula is C12H22N2O3S2. The highest BCUT2D eigenvalue weighted by Gasteiger charge is 2.24. The molecular weight excluding hydrogens is 284 g/mol. The van der Waals surface area contributed by atoms with Gasteiger partial charge in [0.25, 0.3) is 10.0 Å². The van der Waals surface area contributed by atoms with E-state index in [2.05, 4.69) is 12.2 Å². The van der Waals surface area contributed by atoms with E-state index in [9.17, 15) is 8.42 Å². The van der Waals surface area contributed by atoms with Gasteiger partial charge in [0.05, 0.1) is 6.54 Å². The van der Waals surface area contributed by atoms with Crippen molar-refractivity contribution < 1.29 is 12.8 Å². The lowest BCUT2D eigenvalue weighted by Crippen LogP contribution is -2.28. The van der Waals surface area contributed by atoms with Crippen LogP contribution in [0.1, 0.15) is 19.1 Å². The Morgan fingerprint density at radius 3 is 2.79 bits per heavy atom. The summed E-state index contributed by atoms with van der Waals surface area (Å²) in [7, 11) is -1.92. The summed E-state index contributed by atoms with van der Waals surface area (Å²) >= 11 is 1.61. The first-order valence-electron chi connectivity index (χ1n) is 6.27. The average Bonchev–Trinajstić information content (AvgIpc) is 2.85. The maximum Gasteiger partial charge on any atom is 0.276 e. The van der Waals surface area contributed by atoms with Gasteiger partial charge in [-0.15, -0.1) is 0 Å². The largest absolute Gasteiger partial charge is 0.447 e. The number of hydrogen-bond acceptors (Lipinski definition) is 5. The highest BCUT2D eigenvalue weighted by Crippen LogP contribution is 2.18. The maximum absolute atomic E-state index is 12.2. The fraction of sp³-hybridized carbons (Fsp3) is 0.667. The molecule has 5 nitrogen and oxygen atoms in total. The molecule has 0 unspecified atom stereocenters. The van der Waals surface area contributed by atoms with E-state index < -0.39 is 10.0 Å². The van der Waals surface area contributed by atoms with Crippen LogP contribution < -0.4 is 5.32 Å². The minimum atomic E-state index is -3.50. The summed E-state index contributed by atoms with van der Waals surface area (Å²) in [5, 5.41) is 3.19. The number of hydrogen-bond donors (Lipinski definition) is 1. The van der Waals surface area contributed by atoms with E-state index in [1.807, 2.05) is 6.26 Å². The molecule has 0 amide bonds. The summed E-state index contributed by atoms with van der Waals surface area (Å²) in [4.78, 5) is 0. The van der Waals surface area contributed by atoms with E-state index in [0.29, 0.717) is 18.8 Å². The molecule has 110 valence electrons. The van der Waals surface area contributed by atoms with Crippen molar-refractivity contribution in [1.82, 2.24) is 9.62 Å². The van der Waals surface area contributed by atoms with Crippen molar-refractivity contribution in [1.29, 1.82) is 0 Å². The highest BCUT2D eigenvalue weighted by atomic mass is 32.2. The lowest BCUT2D eigenvalue weighted by molar-refractivity contribution is 0.384. The predicted molar refractivity (Wildman–Crippen MR) is 78.9 cm³/mol. The van der Waals surface area contributed by atoms with Crippen molar-refractivity contribution in [3.05, 3.63) is 17.9 Å². The maximum atomic E-state index is 12.2. The van der Waals surface area contributed by atoms with Crippen LogP contribution in [0.15, 0.2) is 21.6 Å². The summed E-state index contributed by atoms with van der Waals surface area (Å²) in [6.45, 7) is 3.99. The molecule has 0 spiro atoms. The van der Waals surface area contributed by atoms with Gasteiger partial charge >= 0.3 is 0 Å². The first kappa shape index (κ1) is 16.6. The highest BCUT2D eigenvalue weighted by molar-refractivity contribution is 7.98. The monoisotopic (exact) mass is 306 g/mol. The van der Waals surface area contributed by atoms with E-state index >= 15 is 0 Å². The van der Waals surface area contributed by atoms with E-state index in [4.69, 9.17) is 4.42 Å². The molecule has 0 radical (unpaired) electrons. The van der Waals surface area contributed by atoms with Gasteiger partial charge in [-0.3, -0.25) is 0 Å². The van der Waals surface area contributed by atoms with Crippen molar-refractivity contribution in [3.63, 3.8) is 0 Å². The SMILES string of the molecule is CCCNCc1ccc(S(=O)(=O)N(C)CCSC)o1. The lowest BCUT2D eigenvalue weighted by atomic mass is 10.4. The van der Waals surface area contributed by atoms with Gasteiger partial charge in [-0.05, 0) is 31.4 Å². The quantitative estimate of drug-likeness (QED) is 0.704. The Morgan fingerprint density at radius 2 is 2.16 bits per heavy atom. The van der Waals surface area contributed by atoms with Crippen molar-refractivity contribution in [2.24, 2.45) is 0 Å². The molecule has 0 fully saturated rings. The summed E-state index contributed by atoms with van der Waals surface area (Å²) in [5.74, 6) is 1.41. The third-order valence-electron chi connectivity index (χ3n) is 2.64. The van der Waals surface area contributed by atoms with E-state index in [1.54, 1.807) is 24.9 Å².